The van der Waals surface area contributed by atoms with E-state index in [9.17, 15) is 9.90 Å². The van der Waals surface area contributed by atoms with Gasteiger partial charge in [-0.2, -0.15) is 0 Å². The molecule has 0 aromatic heterocycles. The van der Waals surface area contributed by atoms with Crippen molar-refractivity contribution in [2.45, 2.75) is 25.6 Å². The molecule has 19 heavy (non-hydrogen) atoms. The Morgan fingerprint density at radius 2 is 2.21 bits per heavy atom. The van der Waals surface area contributed by atoms with Crippen molar-refractivity contribution in [3.63, 3.8) is 0 Å². The maximum absolute atomic E-state index is 11.9. The maximum Gasteiger partial charge on any atom is 0.225 e. The molecule has 0 aliphatic carbocycles. The monoisotopic (exact) mass is 264 g/mol. The standard InChI is InChI=1S/C14H20N2O3/c1-9-12(6-7-19-9)14(18)16-8-13(17)10-2-4-11(15)5-3-10/h2-5,9,12-13,17H,6-8,15H2,1H3,(H,16,18). The lowest BCUT2D eigenvalue weighted by Crippen LogP contribution is -2.36. The SMILES string of the molecule is CC1OCCC1C(=O)NCC(O)c1ccc(N)cc1. The number of amides is 1. The molecule has 5 heteroatoms. The first-order valence-electron chi connectivity index (χ1n) is 6.50. The molecular weight excluding hydrogens is 244 g/mol. The number of hydrogen-bond donors (Lipinski definition) is 3. The summed E-state index contributed by atoms with van der Waals surface area (Å²) in [6.45, 7) is 2.72. The molecule has 1 amide bonds. The van der Waals surface area contributed by atoms with Crippen LogP contribution in [-0.2, 0) is 9.53 Å². The van der Waals surface area contributed by atoms with Crippen molar-refractivity contribution in [3.8, 4) is 0 Å². The van der Waals surface area contributed by atoms with Crippen LogP contribution in [0.4, 0.5) is 5.69 Å². The van der Waals surface area contributed by atoms with Crippen molar-refractivity contribution in [3.05, 3.63) is 29.8 Å². The lowest BCUT2D eigenvalue weighted by molar-refractivity contribution is -0.126. The van der Waals surface area contributed by atoms with Crippen LogP contribution in [0.5, 0.6) is 0 Å². The van der Waals surface area contributed by atoms with Crippen LogP contribution in [0, 0.1) is 5.92 Å². The van der Waals surface area contributed by atoms with Crippen molar-refractivity contribution < 1.29 is 14.6 Å². The van der Waals surface area contributed by atoms with Gasteiger partial charge in [0.15, 0.2) is 0 Å². The van der Waals surface area contributed by atoms with Crippen LogP contribution in [0.15, 0.2) is 24.3 Å². The van der Waals surface area contributed by atoms with E-state index in [1.165, 1.54) is 0 Å². The van der Waals surface area contributed by atoms with Crippen molar-refractivity contribution in [2.24, 2.45) is 5.92 Å². The normalized spacial score (nSPS) is 24.1. The molecule has 3 atom stereocenters. The molecule has 1 aromatic rings. The van der Waals surface area contributed by atoms with Gasteiger partial charge in [0.1, 0.15) is 0 Å². The van der Waals surface area contributed by atoms with E-state index in [0.29, 0.717) is 12.3 Å². The van der Waals surface area contributed by atoms with Gasteiger partial charge in [-0.05, 0) is 31.0 Å². The van der Waals surface area contributed by atoms with Crippen molar-refractivity contribution in [1.82, 2.24) is 5.32 Å². The second-order valence-corrected chi connectivity index (χ2v) is 4.90. The second kappa shape index (κ2) is 6.04. The van der Waals surface area contributed by atoms with E-state index in [2.05, 4.69) is 5.32 Å². The van der Waals surface area contributed by atoms with E-state index in [1.54, 1.807) is 24.3 Å². The van der Waals surface area contributed by atoms with E-state index >= 15 is 0 Å². The third kappa shape index (κ3) is 3.45. The molecule has 4 N–H and O–H groups in total. The summed E-state index contributed by atoms with van der Waals surface area (Å²) in [6, 6.07) is 6.97. The summed E-state index contributed by atoms with van der Waals surface area (Å²) < 4.78 is 5.35. The summed E-state index contributed by atoms with van der Waals surface area (Å²) >= 11 is 0. The highest BCUT2D eigenvalue weighted by Crippen LogP contribution is 2.21. The van der Waals surface area contributed by atoms with Gasteiger partial charge in [-0.25, -0.2) is 0 Å². The molecule has 1 aliphatic rings. The lowest BCUT2D eigenvalue weighted by atomic mass is 10.0. The number of nitrogens with two attached hydrogens (primary N) is 1. The Labute approximate surface area is 112 Å². The smallest absolute Gasteiger partial charge is 0.225 e. The number of carbonyl (C=O) groups excluding carboxylic acids is 1. The molecule has 0 spiro atoms. The highest BCUT2D eigenvalue weighted by Gasteiger charge is 2.30. The number of rotatable bonds is 4. The van der Waals surface area contributed by atoms with Gasteiger partial charge in [0.2, 0.25) is 5.91 Å². The zero-order chi connectivity index (χ0) is 13.8. The van der Waals surface area contributed by atoms with Crippen molar-refractivity contribution in [2.75, 3.05) is 18.9 Å². The maximum atomic E-state index is 11.9. The predicted molar refractivity (Wildman–Crippen MR) is 72.3 cm³/mol. The third-order valence-electron chi connectivity index (χ3n) is 3.50. The zero-order valence-corrected chi connectivity index (χ0v) is 11.0. The number of benzene rings is 1. The molecule has 2 rings (SSSR count). The Balaban J connectivity index is 1.84. The summed E-state index contributed by atoms with van der Waals surface area (Å²) in [5.74, 6) is -0.168. The minimum Gasteiger partial charge on any atom is -0.399 e. The Bertz CT molecular complexity index is 433. The molecular formula is C14H20N2O3. The summed E-state index contributed by atoms with van der Waals surface area (Å²) in [5, 5.41) is 12.7. The van der Waals surface area contributed by atoms with E-state index in [4.69, 9.17) is 10.5 Å². The quantitative estimate of drug-likeness (QED) is 0.704. The number of carbonyl (C=O) groups is 1. The number of hydrogen-bond acceptors (Lipinski definition) is 4. The minimum atomic E-state index is -0.720. The van der Waals surface area contributed by atoms with E-state index < -0.39 is 6.10 Å². The third-order valence-corrected chi connectivity index (χ3v) is 3.50. The van der Waals surface area contributed by atoms with Crippen LogP contribution in [0.1, 0.15) is 25.0 Å². The molecule has 0 saturated carbocycles. The van der Waals surface area contributed by atoms with Crippen LogP contribution < -0.4 is 11.1 Å². The average Bonchev–Trinajstić information content (AvgIpc) is 2.83. The summed E-state index contributed by atoms with van der Waals surface area (Å²) in [7, 11) is 0. The largest absolute Gasteiger partial charge is 0.399 e. The summed E-state index contributed by atoms with van der Waals surface area (Å²) in [4.78, 5) is 11.9. The van der Waals surface area contributed by atoms with Gasteiger partial charge in [-0.3, -0.25) is 4.79 Å². The molecule has 1 aromatic carbocycles. The van der Waals surface area contributed by atoms with Crippen LogP contribution in [0.3, 0.4) is 0 Å². The topological polar surface area (TPSA) is 84.6 Å². The minimum absolute atomic E-state index is 0.0475. The molecule has 5 nitrogen and oxygen atoms in total. The zero-order valence-electron chi connectivity index (χ0n) is 11.0. The van der Waals surface area contributed by atoms with Gasteiger partial charge in [0, 0.05) is 18.8 Å². The molecule has 1 fully saturated rings. The first-order valence-corrected chi connectivity index (χ1v) is 6.50. The number of ether oxygens (including phenoxy) is 1. The van der Waals surface area contributed by atoms with Gasteiger partial charge in [-0.1, -0.05) is 12.1 Å². The highest BCUT2D eigenvalue weighted by molar-refractivity contribution is 5.79. The van der Waals surface area contributed by atoms with E-state index in [1.807, 2.05) is 6.92 Å². The Morgan fingerprint density at radius 1 is 1.53 bits per heavy atom. The molecule has 104 valence electrons. The van der Waals surface area contributed by atoms with Gasteiger partial charge >= 0.3 is 0 Å². The van der Waals surface area contributed by atoms with E-state index in [0.717, 1.165) is 12.0 Å². The number of aliphatic hydroxyl groups is 1. The summed E-state index contributed by atoms with van der Waals surface area (Å²) in [5.41, 5.74) is 6.97. The molecule has 0 bridgehead atoms. The van der Waals surface area contributed by atoms with Crippen LogP contribution in [-0.4, -0.2) is 30.3 Å². The van der Waals surface area contributed by atoms with Gasteiger partial charge in [0.25, 0.3) is 0 Å². The molecule has 0 radical (unpaired) electrons. The Morgan fingerprint density at radius 3 is 2.79 bits per heavy atom. The van der Waals surface area contributed by atoms with E-state index in [-0.39, 0.29) is 24.5 Å². The molecule has 1 saturated heterocycles. The molecule has 1 heterocycles. The summed E-state index contributed by atoms with van der Waals surface area (Å²) in [6.07, 6.45) is -0.0267. The fraction of sp³-hybridized carbons (Fsp3) is 0.500. The molecule has 3 unspecified atom stereocenters. The average molecular weight is 264 g/mol. The van der Waals surface area contributed by atoms with Crippen molar-refractivity contribution >= 4 is 11.6 Å². The highest BCUT2D eigenvalue weighted by atomic mass is 16.5. The van der Waals surface area contributed by atoms with Gasteiger partial charge in [-0.15, -0.1) is 0 Å². The number of nitrogen functional groups attached to an aromatic ring is 1. The second-order valence-electron chi connectivity index (χ2n) is 4.90. The van der Waals surface area contributed by atoms with Crippen LogP contribution in [0.25, 0.3) is 0 Å². The number of aliphatic hydroxyl groups excluding tert-OH is 1. The Hall–Kier alpha value is -1.59. The fourth-order valence-electron chi connectivity index (χ4n) is 2.24. The predicted octanol–water partition coefficient (Wildman–Crippen LogP) is 0.843. The van der Waals surface area contributed by atoms with Crippen LogP contribution >= 0.6 is 0 Å². The Kier molecular flexibility index (Phi) is 4.39. The first-order chi connectivity index (χ1) is 9.08. The van der Waals surface area contributed by atoms with Crippen LogP contribution in [0.2, 0.25) is 0 Å². The fourth-order valence-corrected chi connectivity index (χ4v) is 2.24. The number of nitrogens with one attached hydrogen (secondary N) is 1. The van der Waals surface area contributed by atoms with Gasteiger partial charge in [0.05, 0.1) is 18.1 Å². The van der Waals surface area contributed by atoms with Gasteiger partial charge < -0.3 is 20.9 Å². The number of anilines is 1. The first kappa shape index (κ1) is 13.8. The molecule has 1 aliphatic heterocycles. The lowest BCUT2D eigenvalue weighted by Gasteiger charge is -2.16. The van der Waals surface area contributed by atoms with Crippen molar-refractivity contribution in [1.29, 1.82) is 0 Å².